The summed E-state index contributed by atoms with van der Waals surface area (Å²) in [5.74, 6) is -0.124. The first-order chi connectivity index (χ1) is 16.8. The number of rotatable bonds is 5. The molecule has 1 aromatic carbocycles. The molecule has 2 aromatic heterocycles. The Balaban J connectivity index is 1.95. The molecule has 2 amide bonds. The van der Waals surface area contributed by atoms with E-state index in [9.17, 15) is 14.4 Å². The van der Waals surface area contributed by atoms with E-state index in [0.717, 1.165) is 21.2 Å². The summed E-state index contributed by atoms with van der Waals surface area (Å²) in [5, 5.41) is 7.45. The van der Waals surface area contributed by atoms with E-state index in [1.165, 1.54) is 6.26 Å². The number of furan rings is 1. The van der Waals surface area contributed by atoms with Gasteiger partial charge in [0.05, 0.1) is 17.2 Å². The summed E-state index contributed by atoms with van der Waals surface area (Å²) in [4.78, 5) is 40.6. The fraction of sp³-hybridized carbons (Fsp3) is 0.400. The maximum atomic E-state index is 13.5. The lowest BCUT2D eigenvalue weighted by molar-refractivity contribution is -0.117. The van der Waals surface area contributed by atoms with Crippen molar-refractivity contribution < 1.29 is 28.3 Å². The van der Waals surface area contributed by atoms with Crippen LogP contribution in [0.2, 0.25) is 0 Å². The summed E-state index contributed by atoms with van der Waals surface area (Å²) >= 11 is 0.957. The van der Waals surface area contributed by atoms with Gasteiger partial charge in [0.25, 0.3) is 0 Å². The van der Waals surface area contributed by atoms with Crippen LogP contribution < -0.4 is 4.90 Å². The highest BCUT2D eigenvalue weighted by atomic mass is 32.2. The monoisotopic (exact) mass is 514 g/mol. The van der Waals surface area contributed by atoms with Crippen molar-refractivity contribution in [3.8, 4) is 11.6 Å². The van der Waals surface area contributed by atoms with Crippen LogP contribution in [0, 0.1) is 0 Å². The molecule has 2 heterocycles. The first kappa shape index (κ1) is 27.0. The highest BCUT2D eigenvalue weighted by molar-refractivity contribution is 8.00. The molecule has 0 bridgehead atoms. The highest BCUT2D eigenvalue weighted by Gasteiger charge is 2.34. The van der Waals surface area contributed by atoms with Gasteiger partial charge in [-0.15, -0.1) is 10.2 Å². The standard InChI is InChI=1S/C25H30N4O6S/c1-16(20(30)28(17-12-9-8-10-13-17)22(31)34-24(2,3)4)36-21-27-26-19(18-14-11-15-33-18)29(21)23(32)35-25(5,6)7/h8-16H,1-7H3. The second-order valence-corrected chi connectivity index (χ2v) is 11.2. The Bertz CT molecular complexity index is 1210. The van der Waals surface area contributed by atoms with Gasteiger partial charge in [0.2, 0.25) is 16.9 Å². The van der Waals surface area contributed by atoms with Gasteiger partial charge in [-0.25, -0.2) is 19.1 Å². The Hall–Kier alpha value is -3.60. The topological polar surface area (TPSA) is 117 Å². The molecule has 0 N–H and O–H groups in total. The molecule has 0 aliphatic carbocycles. The number of carbonyl (C=O) groups excluding carboxylic acids is 3. The van der Waals surface area contributed by atoms with Crippen molar-refractivity contribution in [3.63, 3.8) is 0 Å². The summed E-state index contributed by atoms with van der Waals surface area (Å²) in [6, 6.07) is 11.8. The average molecular weight is 515 g/mol. The Labute approximate surface area is 214 Å². The van der Waals surface area contributed by atoms with E-state index in [0.29, 0.717) is 11.4 Å². The molecule has 10 nitrogen and oxygen atoms in total. The highest BCUT2D eigenvalue weighted by Crippen LogP contribution is 2.30. The number of imide groups is 1. The van der Waals surface area contributed by atoms with Crippen LogP contribution in [0.25, 0.3) is 11.6 Å². The van der Waals surface area contributed by atoms with Crippen LogP contribution in [-0.2, 0) is 14.3 Å². The van der Waals surface area contributed by atoms with Gasteiger partial charge < -0.3 is 13.9 Å². The molecule has 192 valence electrons. The average Bonchev–Trinajstić information content (AvgIpc) is 3.41. The van der Waals surface area contributed by atoms with E-state index in [1.54, 1.807) is 90.9 Å². The summed E-state index contributed by atoms with van der Waals surface area (Å²) in [7, 11) is 0. The molecule has 0 saturated heterocycles. The molecule has 3 rings (SSSR count). The lowest BCUT2D eigenvalue weighted by Gasteiger charge is -2.27. The quantitative estimate of drug-likeness (QED) is 0.391. The molecule has 0 aliphatic rings. The number of aromatic nitrogens is 3. The van der Waals surface area contributed by atoms with E-state index in [4.69, 9.17) is 13.9 Å². The zero-order valence-electron chi connectivity index (χ0n) is 21.3. The van der Waals surface area contributed by atoms with Crippen molar-refractivity contribution in [1.29, 1.82) is 0 Å². The number of hydrogen-bond acceptors (Lipinski definition) is 9. The number of thioether (sulfide) groups is 1. The number of anilines is 1. The predicted molar refractivity (Wildman–Crippen MR) is 135 cm³/mol. The van der Waals surface area contributed by atoms with E-state index >= 15 is 0 Å². The van der Waals surface area contributed by atoms with Crippen molar-refractivity contribution in [2.45, 2.75) is 70.1 Å². The zero-order chi connectivity index (χ0) is 26.7. The minimum absolute atomic E-state index is 0.105. The van der Waals surface area contributed by atoms with Crippen molar-refractivity contribution in [3.05, 3.63) is 48.7 Å². The second kappa shape index (κ2) is 10.6. The molecule has 0 radical (unpaired) electrons. The maximum absolute atomic E-state index is 13.5. The first-order valence-corrected chi connectivity index (χ1v) is 12.2. The smallest absolute Gasteiger partial charge is 0.422 e. The summed E-state index contributed by atoms with van der Waals surface area (Å²) in [6.45, 7) is 12.0. The number of hydrogen-bond donors (Lipinski definition) is 0. The summed E-state index contributed by atoms with van der Waals surface area (Å²) in [6.07, 6.45) is -0.0924. The molecule has 0 spiro atoms. The van der Waals surface area contributed by atoms with Gasteiger partial charge in [-0.1, -0.05) is 30.0 Å². The third-order valence-electron chi connectivity index (χ3n) is 4.39. The van der Waals surface area contributed by atoms with Gasteiger partial charge in [0.1, 0.15) is 11.2 Å². The molecule has 3 aromatic rings. The van der Waals surface area contributed by atoms with Gasteiger partial charge >= 0.3 is 12.2 Å². The minimum Gasteiger partial charge on any atom is -0.461 e. The Kier molecular flexibility index (Phi) is 7.92. The SMILES string of the molecule is CC(Sc1nnc(-c2ccco2)n1C(=O)OC(C)(C)C)C(=O)N(C(=O)OC(C)(C)C)c1ccccc1. The number of amides is 2. The van der Waals surface area contributed by atoms with E-state index < -0.39 is 34.5 Å². The van der Waals surface area contributed by atoms with E-state index in [1.807, 2.05) is 0 Å². The molecule has 1 unspecified atom stereocenters. The van der Waals surface area contributed by atoms with Crippen molar-refractivity contribution in [2.75, 3.05) is 4.90 Å². The van der Waals surface area contributed by atoms with Crippen molar-refractivity contribution >= 4 is 35.5 Å². The molecule has 11 heteroatoms. The Morgan fingerprint density at radius 1 is 0.944 bits per heavy atom. The van der Waals surface area contributed by atoms with E-state index in [-0.39, 0.29) is 11.0 Å². The van der Waals surface area contributed by atoms with Gasteiger partial charge in [0, 0.05) is 0 Å². The fourth-order valence-electron chi connectivity index (χ4n) is 2.98. The molecule has 1 atom stereocenters. The maximum Gasteiger partial charge on any atom is 0.422 e. The predicted octanol–water partition coefficient (Wildman–Crippen LogP) is 5.77. The molecule has 0 saturated carbocycles. The molecule has 0 fully saturated rings. The lowest BCUT2D eigenvalue weighted by Crippen LogP contribution is -2.44. The fourth-order valence-corrected chi connectivity index (χ4v) is 3.86. The Morgan fingerprint density at radius 3 is 2.14 bits per heavy atom. The van der Waals surface area contributed by atoms with Crippen molar-refractivity contribution in [2.24, 2.45) is 0 Å². The molecular formula is C25H30N4O6S. The first-order valence-electron chi connectivity index (χ1n) is 11.3. The van der Waals surface area contributed by atoms with Gasteiger partial charge in [-0.3, -0.25) is 4.79 Å². The lowest BCUT2D eigenvalue weighted by atomic mass is 10.2. The van der Waals surface area contributed by atoms with Gasteiger partial charge in [0.15, 0.2) is 5.76 Å². The minimum atomic E-state index is -0.854. The zero-order valence-corrected chi connectivity index (χ0v) is 22.2. The number of para-hydroxylation sites is 1. The van der Waals surface area contributed by atoms with Crippen LogP contribution in [0.1, 0.15) is 48.5 Å². The summed E-state index contributed by atoms with van der Waals surface area (Å²) in [5.41, 5.74) is -1.24. The summed E-state index contributed by atoms with van der Waals surface area (Å²) < 4.78 is 17.6. The Morgan fingerprint density at radius 2 is 1.58 bits per heavy atom. The van der Waals surface area contributed by atoms with Crippen molar-refractivity contribution in [1.82, 2.24) is 14.8 Å². The third-order valence-corrected chi connectivity index (χ3v) is 5.42. The number of ether oxygens (including phenoxy) is 2. The molecular weight excluding hydrogens is 484 g/mol. The van der Waals surface area contributed by atoms with Gasteiger partial charge in [-0.2, -0.15) is 0 Å². The third kappa shape index (κ3) is 6.75. The van der Waals surface area contributed by atoms with Crippen LogP contribution in [0.4, 0.5) is 15.3 Å². The number of nitrogens with zero attached hydrogens (tertiary/aromatic N) is 4. The normalized spacial score (nSPS) is 12.6. The van der Waals surface area contributed by atoms with Crippen LogP contribution in [0.5, 0.6) is 0 Å². The van der Waals surface area contributed by atoms with E-state index in [2.05, 4.69) is 10.2 Å². The van der Waals surface area contributed by atoms with Crippen LogP contribution in [0.3, 0.4) is 0 Å². The molecule has 36 heavy (non-hydrogen) atoms. The largest absolute Gasteiger partial charge is 0.461 e. The van der Waals surface area contributed by atoms with Gasteiger partial charge in [-0.05, 0) is 72.7 Å². The second-order valence-electron chi connectivity index (χ2n) is 9.85. The van der Waals surface area contributed by atoms with Crippen LogP contribution in [0.15, 0.2) is 58.3 Å². The number of benzene rings is 1. The van der Waals surface area contributed by atoms with Crippen LogP contribution >= 0.6 is 11.8 Å². The number of carbonyl (C=O) groups is 3. The molecule has 0 aliphatic heterocycles. The van der Waals surface area contributed by atoms with Crippen LogP contribution in [-0.4, -0.2) is 49.3 Å².